The van der Waals surface area contributed by atoms with Gasteiger partial charge < -0.3 is 0 Å². The molecule has 0 saturated heterocycles. The molecule has 3 aromatic rings. The van der Waals surface area contributed by atoms with E-state index in [0.717, 1.165) is 0 Å². The zero-order valence-electron chi connectivity index (χ0n) is 18.2. The number of hydrogen-bond donors (Lipinski definition) is 0. The molecule has 0 heterocycles. The lowest BCUT2D eigenvalue weighted by Crippen LogP contribution is -2.29. The van der Waals surface area contributed by atoms with Gasteiger partial charge in [0.05, 0.1) is 0 Å². The first-order chi connectivity index (χ1) is 14.3. The van der Waals surface area contributed by atoms with Crippen LogP contribution in [0.25, 0.3) is 0 Å². The number of halogens is 1. The summed E-state index contributed by atoms with van der Waals surface area (Å²) in [7, 11) is 3.27. The summed E-state index contributed by atoms with van der Waals surface area (Å²) in [6.07, 6.45) is 9.20. The van der Waals surface area contributed by atoms with Crippen molar-refractivity contribution >= 4 is 33.2 Å². The molecule has 2 atom stereocenters. The first-order valence-electron chi connectivity index (χ1n) is 11.2. The molecular formula is C28H36IP. The van der Waals surface area contributed by atoms with Crippen LogP contribution in [0.15, 0.2) is 91.0 Å². The van der Waals surface area contributed by atoms with Crippen molar-refractivity contribution in [1.29, 1.82) is 0 Å². The Hall–Kier alpha value is -1.18. The fraction of sp³-hybridized carbons (Fsp3) is 0.357. The molecule has 2 heteroatoms. The molecule has 0 saturated carbocycles. The zero-order valence-corrected chi connectivity index (χ0v) is 21.7. The Kier molecular flexibility index (Phi) is 11.1. The average molecular weight is 530 g/mol. The third-order valence-electron chi connectivity index (χ3n) is 6.10. The molecule has 0 aromatic heterocycles. The van der Waals surface area contributed by atoms with Crippen LogP contribution in [-0.2, 0) is 5.16 Å². The molecule has 3 aromatic carbocycles. The SMILES string of the molecule is CCCCCCCCC(c1ccccc1)C(P)(c1ccccc1)c1ccccc1.I. The van der Waals surface area contributed by atoms with Gasteiger partial charge in [0.25, 0.3) is 0 Å². The van der Waals surface area contributed by atoms with Gasteiger partial charge >= 0.3 is 0 Å². The molecular weight excluding hydrogens is 494 g/mol. The Labute approximate surface area is 203 Å². The molecule has 0 bridgehead atoms. The molecule has 0 aliphatic heterocycles. The number of rotatable bonds is 11. The Morgan fingerprint density at radius 1 is 0.633 bits per heavy atom. The highest BCUT2D eigenvalue weighted by molar-refractivity contribution is 14.0. The molecule has 0 spiro atoms. The van der Waals surface area contributed by atoms with Gasteiger partial charge in [0.2, 0.25) is 0 Å². The van der Waals surface area contributed by atoms with Gasteiger partial charge in [-0.2, -0.15) is 0 Å². The minimum absolute atomic E-state index is 0. The number of benzene rings is 3. The normalized spacial score (nSPS) is 12.2. The van der Waals surface area contributed by atoms with Gasteiger partial charge in [-0.25, -0.2) is 0 Å². The van der Waals surface area contributed by atoms with Gasteiger partial charge in [-0.1, -0.05) is 136 Å². The summed E-state index contributed by atoms with van der Waals surface area (Å²) in [5.74, 6) is 0.421. The van der Waals surface area contributed by atoms with Gasteiger partial charge in [-0.05, 0) is 23.1 Å². The molecule has 0 fully saturated rings. The van der Waals surface area contributed by atoms with Crippen LogP contribution < -0.4 is 0 Å². The second-order valence-electron chi connectivity index (χ2n) is 8.12. The Morgan fingerprint density at radius 3 is 1.57 bits per heavy atom. The molecule has 0 radical (unpaired) electrons. The summed E-state index contributed by atoms with van der Waals surface area (Å²) in [4.78, 5) is 0. The van der Waals surface area contributed by atoms with E-state index in [2.05, 4.69) is 107 Å². The summed E-state index contributed by atoms with van der Waals surface area (Å²) in [5, 5.41) is -0.132. The van der Waals surface area contributed by atoms with Crippen LogP contribution in [0.5, 0.6) is 0 Å². The van der Waals surface area contributed by atoms with Crippen LogP contribution in [0.2, 0.25) is 0 Å². The monoisotopic (exact) mass is 530 g/mol. The molecule has 30 heavy (non-hydrogen) atoms. The standard InChI is InChI=1S/C28H35P.HI/c1-2-3-4-5-6-16-23-27(24-17-10-7-11-18-24)28(29,25-19-12-8-13-20-25)26-21-14-9-15-22-26;/h7-15,17-22,27H,2-6,16,23,29H2,1H3;1H. The molecule has 160 valence electrons. The van der Waals surface area contributed by atoms with Crippen molar-refractivity contribution < 1.29 is 0 Å². The molecule has 3 rings (SSSR count). The van der Waals surface area contributed by atoms with Crippen LogP contribution >= 0.6 is 33.2 Å². The van der Waals surface area contributed by atoms with Gasteiger partial charge in [0, 0.05) is 11.1 Å². The van der Waals surface area contributed by atoms with Crippen LogP contribution in [0.1, 0.15) is 74.5 Å². The molecule has 0 nitrogen and oxygen atoms in total. The first-order valence-corrected chi connectivity index (χ1v) is 11.8. The van der Waals surface area contributed by atoms with Crippen molar-refractivity contribution in [3.05, 3.63) is 108 Å². The predicted octanol–water partition coefficient (Wildman–Crippen LogP) is 8.96. The summed E-state index contributed by atoms with van der Waals surface area (Å²) < 4.78 is 0. The minimum atomic E-state index is -0.132. The van der Waals surface area contributed by atoms with Crippen molar-refractivity contribution in [3.63, 3.8) is 0 Å². The van der Waals surface area contributed by atoms with Crippen molar-refractivity contribution in [2.75, 3.05) is 0 Å². The van der Waals surface area contributed by atoms with E-state index in [0.29, 0.717) is 5.92 Å². The molecule has 0 aliphatic rings. The van der Waals surface area contributed by atoms with Crippen LogP contribution in [0.4, 0.5) is 0 Å². The predicted molar refractivity (Wildman–Crippen MR) is 146 cm³/mol. The lowest BCUT2D eigenvalue weighted by Gasteiger charge is -2.39. The van der Waals surface area contributed by atoms with E-state index < -0.39 is 0 Å². The molecule has 0 aliphatic carbocycles. The third-order valence-corrected chi connectivity index (χ3v) is 7.17. The summed E-state index contributed by atoms with van der Waals surface area (Å²) in [6.45, 7) is 2.29. The largest absolute Gasteiger partial charge is 0.121 e. The van der Waals surface area contributed by atoms with Crippen molar-refractivity contribution in [3.8, 4) is 0 Å². The maximum Gasteiger partial charge on any atom is 0.0412 e. The molecule has 0 N–H and O–H groups in total. The van der Waals surface area contributed by atoms with Gasteiger partial charge in [-0.3, -0.25) is 0 Å². The fourth-order valence-electron chi connectivity index (χ4n) is 4.47. The van der Waals surface area contributed by atoms with Crippen LogP contribution in [0.3, 0.4) is 0 Å². The smallest absolute Gasteiger partial charge is 0.0412 e. The van der Waals surface area contributed by atoms with E-state index in [4.69, 9.17) is 0 Å². The quantitative estimate of drug-likeness (QED) is 0.132. The van der Waals surface area contributed by atoms with Gasteiger partial charge in [0.1, 0.15) is 0 Å². The van der Waals surface area contributed by atoms with E-state index in [1.54, 1.807) is 0 Å². The lowest BCUT2D eigenvalue weighted by atomic mass is 9.74. The van der Waals surface area contributed by atoms with Crippen molar-refractivity contribution in [1.82, 2.24) is 0 Å². The Morgan fingerprint density at radius 2 is 1.07 bits per heavy atom. The number of unbranched alkanes of at least 4 members (excludes halogenated alkanes) is 5. The highest BCUT2D eigenvalue weighted by atomic mass is 127. The first kappa shape index (κ1) is 25.1. The Bertz CT molecular complexity index is 778. The van der Waals surface area contributed by atoms with E-state index in [-0.39, 0.29) is 29.1 Å². The van der Waals surface area contributed by atoms with Crippen LogP contribution in [0, 0.1) is 0 Å². The minimum Gasteiger partial charge on any atom is -0.121 e. The molecule has 2 unspecified atom stereocenters. The van der Waals surface area contributed by atoms with E-state index in [1.165, 1.54) is 61.6 Å². The van der Waals surface area contributed by atoms with E-state index >= 15 is 0 Å². The Balaban J connectivity index is 0.00000320. The lowest BCUT2D eigenvalue weighted by molar-refractivity contribution is 0.480. The summed E-state index contributed by atoms with van der Waals surface area (Å²) >= 11 is 0. The molecule has 0 amide bonds. The maximum atomic E-state index is 3.27. The maximum absolute atomic E-state index is 3.27. The average Bonchev–Trinajstić information content (AvgIpc) is 2.80. The highest BCUT2D eigenvalue weighted by Crippen LogP contribution is 2.51. The second-order valence-corrected chi connectivity index (χ2v) is 9.03. The zero-order chi connectivity index (χ0) is 20.4. The van der Waals surface area contributed by atoms with Crippen molar-refractivity contribution in [2.45, 2.75) is 62.9 Å². The van der Waals surface area contributed by atoms with Crippen LogP contribution in [-0.4, -0.2) is 0 Å². The van der Waals surface area contributed by atoms with E-state index in [9.17, 15) is 0 Å². The summed E-state index contributed by atoms with van der Waals surface area (Å²) in [5.41, 5.74) is 4.18. The highest BCUT2D eigenvalue weighted by Gasteiger charge is 2.38. The van der Waals surface area contributed by atoms with Crippen molar-refractivity contribution in [2.24, 2.45) is 0 Å². The van der Waals surface area contributed by atoms with E-state index in [1.807, 2.05) is 0 Å². The fourth-order valence-corrected chi connectivity index (χ4v) is 5.21. The summed E-state index contributed by atoms with van der Waals surface area (Å²) in [6, 6.07) is 33.2. The second kappa shape index (κ2) is 13.3. The van der Waals surface area contributed by atoms with Gasteiger partial charge in [0.15, 0.2) is 0 Å². The number of hydrogen-bond acceptors (Lipinski definition) is 0. The third kappa shape index (κ3) is 6.41. The topological polar surface area (TPSA) is 0 Å². The van der Waals surface area contributed by atoms with Gasteiger partial charge in [-0.15, -0.1) is 33.2 Å².